The first-order valence-corrected chi connectivity index (χ1v) is 10.9. The van der Waals surface area contributed by atoms with Crippen LogP contribution in [0.2, 0.25) is 5.02 Å². The van der Waals surface area contributed by atoms with Crippen LogP contribution in [-0.2, 0) is 0 Å². The monoisotopic (exact) mass is 443 g/mol. The third-order valence-corrected chi connectivity index (χ3v) is 7.06. The van der Waals surface area contributed by atoms with Gasteiger partial charge in [-0.2, -0.15) is 0 Å². The number of aromatic amines is 1. The highest BCUT2D eigenvalue weighted by Crippen LogP contribution is 2.43. The van der Waals surface area contributed by atoms with Gasteiger partial charge in [-0.15, -0.1) is 0 Å². The normalized spacial score (nSPS) is 20.4. The van der Waals surface area contributed by atoms with Crippen LogP contribution in [0.1, 0.15) is 55.8 Å². The Morgan fingerprint density at radius 3 is 2.61 bits per heavy atom. The summed E-state index contributed by atoms with van der Waals surface area (Å²) in [6.45, 7) is 2.08. The fraction of sp³-hybridized carbons (Fsp3) is 0.333. The average molecular weight is 444 g/mol. The van der Waals surface area contributed by atoms with Crippen molar-refractivity contribution in [1.29, 1.82) is 0 Å². The standard InChI is InChI=1S/C24H21ClF3N3/c1-12(24-30-20-11-18(27)22(28)21(25)23(20)31-24)13-2-4-14(5-3-13)16-8-9-29-19-7-6-15(26)10-17(16)19/h6-14H,2-5H2,1H3,(H,30,31)/t12-,13-,14+/m1/s1. The molecule has 1 atom stereocenters. The summed E-state index contributed by atoms with van der Waals surface area (Å²) in [5, 5.41) is 0.597. The lowest BCUT2D eigenvalue weighted by atomic mass is 9.73. The Balaban J connectivity index is 1.36. The van der Waals surface area contributed by atoms with Crippen molar-refractivity contribution in [2.45, 2.75) is 44.4 Å². The van der Waals surface area contributed by atoms with E-state index in [1.807, 2.05) is 6.07 Å². The molecule has 1 saturated carbocycles. The lowest BCUT2D eigenvalue weighted by Crippen LogP contribution is -2.19. The summed E-state index contributed by atoms with van der Waals surface area (Å²) in [5.74, 6) is -0.771. The summed E-state index contributed by atoms with van der Waals surface area (Å²) in [7, 11) is 0. The van der Waals surface area contributed by atoms with Crippen molar-refractivity contribution in [3.63, 3.8) is 0 Å². The van der Waals surface area contributed by atoms with E-state index in [0.717, 1.165) is 48.2 Å². The molecule has 31 heavy (non-hydrogen) atoms. The first-order valence-electron chi connectivity index (χ1n) is 10.5. The van der Waals surface area contributed by atoms with Crippen LogP contribution in [0.15, 0.2) is 36.5 Å². The maximum absolute atomic E-state index is 13.8. The van der Waals surface area contributed by atoms with Crippen LogP contribution >= 0.6 is 11.6 Å². The van der Waals surface area contributed by atoms with Crippen molar-refractivity contribution in [2.75, 3.05) is 0 Å². The summed E-state index contributed by atoms with van der Waals surface area (Å²) in [5.41, 5.74) is 2.64. The van der Waals surface area contributed by atoms with Crippen molar-refractivity contribution in [3.8, 4) is 0 Å². The maximum Gasteiger partial charge on any atom is 0.179 e. The van der Waals surface area contributed by atoms with E-state index in [0.29, 0.717) is 23.2 Å². The molecule has 1 aliphatic carbocycles. The van der Waals surface area contributed by atoms with E-state index in [1.54, 1.807) is 18.3 Å². The summed E-state index contributed by atoms with van der Waals surface area (Å²) in [6.07, 6.45) is 5.72. The van der Waals surface area contributed by atoms with Gasteiger partial charge in [-0.3, -0.25) is 4.98 Å². The summed E-state index contributed by atoms with van der Waals surface area (Å²) < 4.78 is 41.3. The minimum absolute atomic E-state index is 0.0992. The summed E-state index contributed by atoms with van der Waals surface area (Å²) in [6, 6.07) is 7.84. The van der Waals surface area contributed by atoms with Gasteiger partial charge in [0.1, 0.15) is 22.2 Å². The second kappa shape index (κ2) is 7.83. The van der Waals surface area contributed by atoms with Crippen molar-refractivity contribution in [3.05, 3.63) is 70.4 Å². The Kier molecular flexibility index (Phi) is 5.13. The Bertz CT molecular complexity index is 1280. The van der Waals surface area contributed by atoms with Gasteiger partial charge < -0.3 is 4.98 Å². The van der Waals surface area contributed by atoms with Crippen LogP contribution < -0.4 is 0 Å². The topological polar surface area (TPSA) is 41.6 Å². The van der Waals surface area contributed by atoms with Gasteiger partial charge in [0.25, 0.3) is 0 Å². The average Bonchev–Trinajstić information content (AvgIpc) is 3.21. The number of nitrogens with one attached hydrogen (secondary N) is 1. The highest BCUT2D eigenvalue weighted by molar-refractivity contribution is 6.35. The van der Waals surface area contributed by atoms with Gasteiger partial charge in [0.05, 0.1) is 11.0 Å². The smallest absolute Gasteiger partial charge is 0.179 e. The van der Waals surface area contributed by atoms with E-state index in [1.165, 1.54) is 6.07 Å². The molecule has 1 N–H and O–H groups in total. The molecule has 1 fully saturated rings. The summed E-state index contributed by atoms with van der Waals surface area (Å²) >= 11 is 5.95. The molecule has 0 aliphatic heterocycles. The zero-order valence-corrected chi connectivity index (χ0v) is 17.7. The Morgan fingerprint density at radius 1 is 1.06 bits per heavy atom. The number of halogens is 4. The number of rotatable bonds is 3. The lowest BCUT2D eigenvalue weighted by Gasteiger charge is -2.32. The number of nitrogens with zero attached hydrogens (tertiary/aromatic N) is 2. The first kappa shape index (κ1) is 20.3. The number of benzene rings is 2. The number of aromatic nitrogens is 3. The molecule has 7 heteroatoms. The molecule has 0 amide bonds. The van der Waals surface area contributed by atoms with Crippen LogP contribution in [0, 0.1) is 23.4 Å². The van der Waals surface area contributed by atoms with E-state index in [2.05, 4.69) is 21.9 Å². The quantitative estimate of drug-likeness (QED) is 0.338. The number of H-pyrrole nitrogens is 1. The van der Waals surface area contributed by atoms with Gasteiger partial charge in [-0.05, 0) is 67.3 Å². The Hall–Kier alpha value is -2.60. The Labute approximate surface area is 182 Å². The lowest BCUT2D eigenvalue weighted by molar-refractivity contribution is 0.286. The van der Waals surface area contributed by atoms with Gasteiger partial charge in [0.2, 0.25) is 0 Å². The zero-order valence-electron chi connectivity index (χ0n) is 16.9. The molecular weight excluding hydrogens is 423 g/mol. The van der Waals surface area contributed by atoms with Crippen LogP contribution in [0.4, 0.5) is 13.2 Å². The maximum atomic E-state index is 13.8. The third kappa shape index (κ3) is 3.57. The molecule has 3 nitrogen and oxygen atoms in total. The number of hydrogen-bond donors (Lipinski definition) is 1. The molecular formula is C24H21ClF3N3. The highest BCUT2D eigenvalue weighted by atomic mass is 35.5. The van der Waals surface area contributed by atoms with E-state index in [9.17, 15) is 13.2 Å². The predicted molar refractivity (Wildman–Crippen MR) is 116 cm³/mol. The molecule has 0 unspecified atom stereocenters. The van der Waals surface area contributed by atoms with Gasteiger partial charge in [0, 0.05) is 23.6 Å². The van der Waals surface area contributed by atoms with Gasteiger partial charge in [-0.1, -0.05) is 18.5 Å². The minimum Gasteiger partial charge on any atom is -0.342 e. The molecule has 160 valence electrons. The van der Waals surface area contributed by atoms with E-state index in [-0.39, 0.29) is 22.3 Å². The van der Waals surface area contributed by atoms with Crippen molar-refractivity contribution >= 4 is 33.5 Å². The number of imidazole rings is 1. The third-order valence-electron chi connectivity index (χ3n) is 6.72. The van der Waals surface area contributed by atoms with Crippen molar-refractivity contribution < 1.29 is 13.2 Å². The van der Waals surface area contributed by atoms with Crippen LogP contribution in [0.25, 0.3) is 21.9 Å². The molecule has 2 aromatic carbocycles. The zero-order chi connectivity index (χ0) is 21.7. The van der Waals surface area contributed by atoms with Crippen molar-refractivity contribution in [2.24, 2.45) is 5.92 Å². The van der Waals surface area contributed by atoms with Gasteiger partial charge in [-0.25, -0.2) is 18.2 Å². The molecule has 2 aromatic heterocycles. The minimum atomic E-state index is -1.07. The van der Waals surface area contributed by atoms with Crippen LogP contribution in [0.5, 0.6) is 0 Å². The number of hydrogen-bond acceptors (Lipinski definition) is 2. The molecule has 1 aliphatic rings. The molecule has 0 spiro atoms. The molecule has 0 saturated heterocycles. The molecule has 0 bridgehead atoms. The fourth-order valence-electron chi connectivity index (χ4n) is 4.94. The SMILES string of the molecule is C[C@@H](c1nc2c(Cl)c(F)c(F)cc2[nH]1)[C@H]1CC[C@@H](c2ccnc3ccc(F)cc32)CC1. The van der Waals surface area contributed by atoms with E-state index < -0.39 is 11.6 Å². The van der Waals surface area contributed by atoms with Crippen LogP contribution in [-0.4, -0.2) is 15.0 Å². The Morgan fingerprint density at radius 2 is 1.84 bits per heavy atom. The van der Waals surface area contributed by atoms with Gasteiger partial charge >= 0.3 is 0 Å². The van der Waals surface area contributed by atoms with E-state index >= 15 is 0 Å². The van der Waals surface area contributed by atoms with E-state index in [4.69, 9.17) is 11.6 Å². The second-order valence-corrected chi connectivity index (χ2v) is 8.84. The molecule has 2 heterocycles. The molecule has 0 radical (unpaired) electrons. The second-order valence-electron chi connectivity index (χ2n) is 8.47. The number of fused-ring (bicyclic) bond motifs is 2. The highest BCUT2D eigenvalue weighted by Gasteiger charge is 2.29. The fourth-order valence-corrected chi connectivity index (χ4v) is 5.18. The van der Waals surface area contributed by atoms with Crippen molar-refractivity contribution in [1.82, 2.24) is 15.0 Å². The number of pyridine rings is 1. The summed E-state index contributed by atoms with van der Waals surface area (Å²) in [4.78, 5) is 12.0. The largest absolute Gasteiger partial charge is 0.342 e. The first-order chi connectivity index (χ1) is 14.9. The predicted octanol–water partition coefficient (Wildman–Crippen LogP) is 7.26. The van der Waals surface area contributed by atoms with Crippen LogP contribution in [0.3, 0.4) is 0 Å². The molecule has 4 aromatic rings. The molecule has 5 rings (SSSR count). The van der Waals surface area contributed by atoms with Gasteiger partial charge in [0.15, 0.2) is 11.6 Å².